The summed E-state index contributed by atoms with van der Waals surface area (Å²) in [6.45, 7) is 4.06. The summed E-state index contributed by atoms with van der Waals surface area (Å²) in [5.41, 5.74) is 11.1. The summed E-state index contributed by atoms with van der Waals surface area (Å²) in [6, 6.07) is 11.7. The van der Waals surface area contributed by atoms with E-state index >= 15 is 0 Å². The molecule has 8 heteroatoms. The van der Waals surface area contributed by atoms with Crippen LogP contribution >= 0.6 is 0 Å². The van der Waals surface area contributed by atoms with Crippen molar-refractivity contribution in [2.24, 2.45) is 5.73 Å². The minimum Gasteiger partial charge on any atom is -0.368 e. The Morgan fingerprint density at radius 1 is 1.14 bits per heavy atom. The molecular weight excluding hydrogens is 368 g/mol. The summed E-state index contributed by atoms with van der Waals surface area (Å²) < 4.78 is 3.39. The Morgan fingerprint density at radius 2 is 1.97 bits per heavy atom. The third kappa shape index (κ3) is 3.73. The first kappa shape index (κ1) is 18.4. The zero-order chi connectivity index (χ0) is 20.5. The molecule has 146 valence electrons. The quantitative estimate of drug-likeness (QED) is 0.548. The monoisotopic (exact) mass is 388 g/mol. The van der Waals surface area contributed by atoms with Crippen molar-refractivity contribution in [1.82, 2.24) is 19.3 Å². The molecule has 2 heterocycles. The first-order valence-corrected chi connectivity index (χ1v) is 9.07. The van der Waals surface area contributed by atoms with Gasteiger partial charge in [-0.25, -0.2) is 4.98 Å². The highest BCUT2D eigenvalue weighted by Gasteiger charge is 2.12. The lowest BCUT2D eigenvalue weighted by molar-refractivity contribution is -0.118. The molecule has 3 N–H and O–H groups in total. The Hall–Kier alpha value is -3.94. The Bertz CT molecular complexity index is 1240. The number of carbonyl (C=O) groups excluding carboxylic acids is 2. The van der Waals surface area contributed by atoms with E-state index in [9.17, 15) is 9.59 Å². The van der Waals surface area contributed by atoms with Gasteiger partial charge in [-0.2, -0.15) is 5.10 Å². The molecule has 2 amide bonds. The number of rotatable bonds is 5. The van der Waals surface area contributed by atoms with Crippen molar-refractivity contribution < 1.29 is 9.59 Å². The number of nitrogens with one attached hydrogen (secondary N) is 1. The number of benzene rings is 2. The molecule has 0 aliphatic rings. The Kier molecular flexibility index (Phi) is 4.59. The normalized spacial score (nSPS) is 11.0. The van der Waals surface area contributed by atoms with Crippen LogP contribution in [0.4, 0.5) is 5.69 Å². The van der Waals surface area contributed by atoms with Gasteiger partial charge in [0.15, 0.2) is 0 Å². The Labute approximate surface area is 167 Å². The van der Waals surface area contributed by atoms with Crippen LogP contribution in [0, 0.1) is 13.8 Å². The molecule has 2 aromatic heterocycles. The number of aromatic nitrogens is 4. The topological polar surface area (TPSA) is 108 Å². The van der Waals surface area contributed by atoms with E-state index in [1.165, 1.54) is 16.4 Å². The van der Waals surface area contributed by atoms with Crippen molar-refractivity contribution >= 4 is 28.5 Å². The van der Waals surface area contributed by atoms with Crippen LogP contribution in [0.15, 0.2) is 55.1 Å². The third-order valence-corrected chi connectivity index (χ3v) is 4.64. The molecule has 0 atom stereocenters. The maximum absolute atomic E-state index is 12.6. The van der Waals surface area contributed by atoms with Crippen LogP contribution in [0.5, 0.6) is 0 Å². The van der Waals surface area contributed by atoms with Crippen molar-refractivity contribution in [3.8, 4) is 5.69 Å². The van der Waals surface area contributed by atoms with Crippen LogP contribution in [-0.4, -0.2) is 31.1 Å². The number of hydrogen-bond donors (Lipinski definition) is 2. The second-order valence-electron chi connectivity index (χ2n) is 6.96. The fourth-order valence-corrected chi connectivity index (χ4v) is 3.20. The van der Waals surface area contributed by atoms with Crippen LogP contribution in [0.3, 0.4) is 0 Å². The molecule has 29 heavy (non-hydrogen) atoms. The highest BCUT2D eigenvalue weighted by atomic mass is 16.2. The molecule has 0 bridgehead atoms. The van der Waals surface area contributed by atoms with Gasteiger partial charge in [0.2, 0.25) is 5.91 Å². The molecule has 0 spiro atoms. The zero-order valence-corrected chi connectivity index (χ0v) is 16.1. The summed E-state index contributed by atoms with van der Waals surface area (Å²) >= 11 is 0. The number of nitrogens with zero attached hydrogens (tertiary/aromatic N) is 4. The molecular formula is C21H20N6O2. The van der Waals surface area contributed by atoms with Crippen LogP contribution < -0.4 is 11.1 Å². The summed E-state index contributed by atoms with van der Waals surface area (Å²) in [7, 11) is 0. The number of carbonyl (C=O) groups is 2. The minimum absolute atomic E-state index is 0.0440. The maximum atomic E-state index is 12.6. The first-order chi connectivity index (χ1) is 13.9. The van der Waals surface area contributed by atoms with E-state index < -0.39 is 5.91 Å². The second kappa shape index (κ2) is 7.23. The maximum Gasteiger partial charge on any atom is 0.255 e. The number of hydrogen-bond acceptors (Lipinski definition) is 4. The van der Waals surface area contributed by atoms with Gasteiger partial charge in [0.05, 0.1) is 28.6 Å². The van der Waals surface area contributed by atoms with Gasteiger partial charge in [-0.15, -0.1) is 0 Å². The van der Waals surface area contributed by atoms with Gasteiger partial charge in [0.1, 0.15) is 12.9 Å². The fourth-order valence-electron chi connectivity index (χ4n) is 3.20. The van der Waals surface area contributed by atoms with Gasteiger partial charge >= 0.3 is 0 Å². The minimum atomic E-state index is -0.504. The summed E-state index contributed by atoms with van der Waals surface area (Å²) in [5.74, 6) is -0.789. The van der Waals surface area contributed by atoms with E-state index in [-0.39, 0.29) is 12.5 Å². The Balaban J connectivity index is 1.59. The van der Waals surface area contributed by atoms with Gasteiger partial charge in [-0.3, -0.25) is 18.8 Å². The molecule has 0 aliphatic heterocycles. The summed E-state index contributed by atoms with van der Waals surface area (Å²) in [6.07, 6.45) is 4.78. The average Bonchev–Trinajstić information content (AvgIpc) is 3.29. The molecule has 0 fully saturated rings. The first-order valence-electron chi connectivity index (χ1n) is 9.07. The fraction of sp³-hybridized carbons (Fsp3) is 0.143. The molecule has 0 aliphatic carbocycles. The number of nitrogens with two attached hydrogens (primary N) is 1. The molecule has 4 aromatic rings. The van der Waals surface area contributed by atoms with Crippen molar-refractivity contribution in [2.75, 3.05) is 5.32 Å². The number of imidazole rings is 1. The van der Waals surface area contributed by atoms with Crippen LogP contribution in [0.2, 0.25) is 0 Å². The van der Waals surface area contributed by atoms with Crippen molar-refractivity contribution in [3.63, 3.8) is 0 Å². The number of anilines is 1. The smallest absolute Gasteiger partial charge is 0.255 e. The zero-order valence-electron chi connectivity index (χ0n) is 16.1. The van der Waals surface area contributed by atoms with Crippen LogP contribution in [-0.2, 0) is 11.3 Å². The lowest BCUT2D eigenvalue weighted by Gasteiger charge is -2.09. The van der Waals surface area contributed by atoms with Gasteiger partial charge in [-0.05, 0) is 49.2 Å². The standard InChI is InChI=1S/C21H20N6O2/c1-13-3-4-14(2)19(7-13)27-12-23-17-8-15(5-6-18(17)27)21(29)25-16-9-24-26(10-16)11-20(22)28/h3-10,12H,11H2,1-2H3,(H2,22,28)(H,25,29). The lowest BCUT2D eigenvalue weighted by atomic mass is 10.1. The van der Waals surface area contributed by atoms with Gasteiger partial charge in [-0.1, -0.05) is 12.1 Å². The average molecular weight is 388 g/mol. The summed E-state index contributed by atoms with van der Waals surface area (Å²) in [5, 5.41) is 6.75. The number of aryl methyl sites for hydroxylation is 2. The Morgan fingerprint density at radius 3 is 2.76 bits per heavy atom. The molecule has 8 nitrogen and oxygen atoms in total. The number of primary amides is 1. The number of fused-ring (bicyclic) bond motifs is 1. The van der Waals surface area contributed by atoms with Crippen LogP contribution in [0.1, 0.15) is 21.5 Å². The molecule has 0 saturated carbocycles. The third-order valence-electron chi connectivity index (χ3n) is 4.64. The molecule has 0 unspecified atom stereocenters. The highest BCUT2D eigenvalue weighted by molar-refractivity contribution is 6.05. The van der Waals surface area contributed by atoms with Gasteiger partial charge < -0.3 is 11.1 Å². The van der Waals surface area contributed by atoms with E-state index in [4.69, 9.17) is 5.73 Å². The predicted molar refractivity (Wildman–Crippen MR) is 110 cm³/mol. The van der Waals surface area contributed by atoms with Crippen molar-refractivity contribution in [1.29, 1.82) is 0 Å². The van der Waals surface area contributed by atoms with E-state index in [1.807, 2.05) is 10.6 Å². The van der Waals surface area contributed by atoms with Crippen molar-refractivity contribution in [3.05, 3.63) is 71.8 Å². The summed E-state index contributed by atoms with van der Waals surface area (Å²) in [4.78, 5) is 28.0. The molecule has 0 radical (unpaired) electrons. The largest absolute Gasteiger partial charge is 0.368 e. The van der Waals surface area contributed by atoms with Gasteiger partial charge in [0.25, 0.3) is 5.91 Å². The van der Waals surface area contributed by atoms with Gasteiger partial charge in [0, 0.05) is 11.8 Å². The lowest BCUT2D eigenvalue weighted by Crippen LogP contribution is -2.18. The van der Waals surface area contributed by atoms with E-state index in [2.05, 4.69) is 47.4 Å². The van der Waals surface area contributed by atoms with E-state index in [1.54, 1.807) is 24.7 Å². The molecule has 0 saturated heterocycles. The SMILES string of the molecule is Cc1ccc(C)c(-n2cnc3cc(C(=O)Nc4cnn(CC(N)=O)c4)ccc32)c1. The van der Waals surface area contributed by atoms with Crippen molar-refractivity contribution in [2.45, 2.75) is 20.4 Å². The molecule has 4 rings (SSSR count). The predicted octanol–water partition coefficient (Wildman–Crippen LogP) is 2.58. The van der Waals surface area contributed by atoms with E-state index in [0.717, 1.165) is 22.3 Å². The van der Waals surface area contributed by atoms with Crippen LogP contribution in [0.25, 0.3) is 16.7 Å². The van der Waals surface area contributed by atoms with E-state index in [0.29, 0.717) is 11.3 Å². The second-order valence-corrected chi connectivity index (χ2v) is 6.96. The highest BCUT2D eigenvalue weighted by Crippen LogP contribution is 2.23. The molecule has 2 aromatic carbocycles. The number of amides is 2.